The van der Waals surface area contributed by atoms with Crippen LogP contribution in [-0.2, 0) is 11.2 Å². The summed E-state index contributed by atoms with van der Waals surface area (Å²) in [5.74, 6) is -1.85. The van der Waals surface area contributed by atoms with Gasteiger partial charge in [0.25, 0.3) is 5.91 Å². The Balaban J connectivity index is 2.07. The van der Waals surface area contributed by atoms with Crippen LogP contribution in [0.25, 0.3) is 0 Å². The molecule has 1 heterocycles. The standard InChI is InChI=1S/C17H20N2O3/c1-11-9-18-10-15(11)16(20)19-12(2)14(17(21)22)8-13-6-4-3-5-7-13/h3-7,9-10,12,14,18H,8H2,1-2H3,(H,19,20)(H,21,22). The first-order chi connectivity index (χ1) is 10.5. The van der Waals surface area contributed by atoms with Crippen molar-refractivity contribution < 1.29 is 14.7 Å². The van der Waals surface area contributed by atoms with Gasteiger partial charge in [-0.1, -0.05) is 30.3 Å². The second-order valence-electron chi connectivity index (χ2n) is 5.45. The minimum Gasteiger partial charge on any atom is -0.481 e. The molecule has 2 aromatic rings. The van der Waals surface area contributed by atoms with Gasteiger partial charge in [0.05, 0.1) is 11.5 Å². The number of aryl methyl sites for hydroxylation is 1. The highest BCUT2D eigenvalue weighted by molar-refractivity contribution is 5.95. The number of hydrogen-bond donors (Lipinski definition) is 3. The fourth-order valence-corrected chi connectivity index (χ4v) is 2.42. The molecule has 0 saturated heterocycles. The molecule has 0 aliphatic heterocycles. The van der Waals surface area contributed by atoms with E-state index >= 15 is 0 Å². The van der Waals surface area contributed by atoms with Crippen LogP contribution in [0.5, 0.6) is 0 Å². The molecule has 0 spiro atoms. The Morgan fingerprint density at radius 1 is 1.23 bits per heavy atom. The van der Waals surface area contributed by atoms with Crippen LogP contribution in [0.1, 0.15) is 28.4 Å². The van der Waals surface area contributed by atoms with Crippen molar-refractivity contribution in [2.75, 3.05) is 0 Å². The van der Waals surface area contributed by atoms with Crippen molar-refractivity contribution in [3.05, 3.63) is 59.4 Å². The lowest BCUT2D eigenvalue weighted by molar-refractivity contribution is -0.142. The number of carboxylic acids is 1. The first-order valence-electron chi connectivity index (χ1n) is 7.20. The Kier molecular flexibility index (Phi) is 4.99. The molecule has 1 amide bonds. The van der Waals surface area contributed by atoms with Crippen molar-refractivity contribution in [1.29, 1.82) is 0 Å². The molecule has 3 N–H and O–H groups in total. The van der Waals surface area contributed by atoms with Crippen molar-refractivity contribution in [2.24, 2.45) is 5.92 Å². The zero-order valence-corrected chi connectivity index (χ0v) is 12.7. The van der Waals surface area contributed by atoms with Gasteiger partial charge >= 0.3 is 5.97 Å². The number of hydrogen-bond acceptors (Lipinski definition) is 2. The number of rotatable bonds is 6. The van der Waals surface area contributed by atoms with Gasteiger partial charge < -0.3 is 15.4 Å². The Hall–Kier alpha value is -2.56. The average Bonchev–Trinajstić information content (AvgIpc) is 2.91. The van der Waals surface area contributed by atoms with Gasteiger partial charge in [-0.2, -0.15) is 0 Å². The summed E-state index contributed by atoms with van der Waals surface area (Å²) in [4.78, 5) is 26.6. The molecule has 0 aliphatic carbocycles. The second kappa shape index (κ2) is 6.93. The third-order valence-electron chi connectivity index (χ3n) is 3.77. The van der Waals surface area contributed by atoms with Crippen LogP contribution in [0.3, 0.4) is 0 Å². The lowest BCUT2D eigenvalue weighted by atomic mass is 9.93. The maximum Gasteiger partial charge on any atom is 0.308 e. The topological polar surface area (TPSA) is 82.2 Å². The summed E-state index contributed by atoms with van der Waals surface area (Å²) >= 11 is 0. The average molecular weight is 300 g/mol. The number of carbonyl (C=O) groups is 2. The first kappa shape index (κ1) is 15.8. The number of carboxylic acid groups (broad SMARTS) is 1. The van der Waals surface area contributed by atoms with E-state index in [1.165, 1.54) is 0 Å². The molecule has 0 saturated carbocycles. The van der Waals surface area contributed by atoms with Crippen LogP contribution in [0, 0.1) is 12.8 Å². The monoisotopic (exact) mass is 300 g/mol. The second-order valence-corrected chi connectivity index (χ2v) is 5.45. The lowest BCUT2D eigenvalue weighted by Gasteiger charge is -2.21. The van der Waals surface area contributed by atoms with E-state index in [4.69, 9.17) is 0 Å². The number of aromatic amines is 1. The molecule has 0 fully saturated rings. The van der Waals surface area contributed by atoms with Crippen molar-refractivity contribution >= 4 is 11.9 Å². The molecule has 0 aliphatic rings. The van der Waals surface area contributed by atoms with Gasteiger partial charge in [-0.15, -0.1) is 0 Å². The summed E-state index contributed by atoms with van der Waals surface area (Å²) in [6.07, 6.45) is 3.73. The van der Waals surface area contributed by atoms with Gasteiger partial charge in [0.1, 0.15) is 0 Å². The molecule has 2 atom stereocenters. The molecule has 1 aromatic heterocycles. The minimum atomic E-state index is -0.914. The van der Waals surface area contributed by atoms with Gasteiger partial charge in [-0.25, -0.2) is 0 Å². The molecule has 5 nitrogen and oxygen atoms in total. The maximum atomic E-state index is 12.2. The highest BCUT2D eigenvalue weighted by Crippen LogP contribution is 2.14. The molecule has 22 heavy (non-hydrogen) atoms. The Bertz CT molecular complexity index is 649. The smallest absolute Gasteiger partial charge is 0.308 e. The quantitative estimate of drug-likeness (QED) is 0.766. The number of carbonyl (C=O) groups excluding carboxylic acids is 1. The number of benzene rings is 1. The van der Waals surface area contributed by atoms with E-state index in [0.717, 1.165) is 11.1 Å². The van der Waals surface area contributed by atoms with Crippen molar-refractivity contribution in [3.8, 4) is 0 Å². The van der Waals surface area contributed by atoms with Gasteiger partial charge in [-0.3, -0.25) is 9.59 Å². The Morgan fingerprint density at radius 3 is 2.45 bits per heavy atom. The number of aliphatic carboxylic acids is 1. The number of nitrogens with one attached hydrogen (secondary N) is 2. The predicted molar refractivity (Wildman–Crippen MR) is 83.7 cm³/mol. The van der Waals surface area contributed by atoms with E-state index in [9.17, 15) is 14.7 Å². The third kappa shape index (κ3) is 3.75. The first-order valence-corrected chi connectivity index (χ1v) is 7.20. The summed E-state index contributed by atoms with van der Waals surface area (Å²) < 4.78 is 0. The fourth-order valence-electron chi connectivity index (χ4n) is 2.42. The minimum absolute atomic E-state index is 0.259. The zero-order chi connectivity index (χ0) is 16.1. The van der Waals surface area contributed by atoms with Crippen LogP contribution in [0.4, 0.5) is 0 Å². The van der Waals surface area contributed by atoms with E-state index in [-0.39, 0.29) is 5.91 Å². The van der Waals surface area contributed by atoms with Gasteiger partial charge in [0.15, 0.2) is 0 Å². The molecule has 2 rings (SSSR count). The number of H-pyrrole nitrogens is 1. The summed E-state index contributed by atoms with van der Waals surface area (Å²) in [5, 5.41) is 12.2. The van der Waals surface area contributed by atoms with E-state index in [1.807, 2.05) is 37.3 Å². The number of aromatic nitrogens is 1. The van der Waals surface area contributed by atoms with Gasteiger partial charge in [0.2, 0.25) is 0 Å². The van der Waals surface area contributed by atoms with E-state index < -0.39 is 17.9 Å². The predicted octanol–water partition coefficient (Wildman–Crippen LogP) is 2.38. The summed E-state index contributed by atoms with van der Waals surface area (Å²) in [7, 11) is 0. The van der Waals surface area contributed by atoms with Gasteiger partial charge in [0, 0.05) is 18.4 Å². The highest BCUT2D eigenvalue weighted by Gasteiger charge is 2.27. The molecular weight excluding hydrogens is 280 g/mol. The zero-order valence-electron chi connectivity index (χ0n) is 12.7. The summed E-state index contributed by atoms with van der Waals surface area (Å²) in [5.41, 5.74) is 2.31. The van der Waals surface area contributed by atoms with Crippen molar-refractivity contribution in [3.63, 3.8) is 0 Å². The van der Waals surface area contributed by atoms with Crippen LogP contribution >= 0.6 is 0 Å². The largest absolute Gasteiger partial charge is 0.481 e. The van der Waals surface area contributed by atoms with Crippen LogP contribution < -0.4 is 5.32 Å². The maximum absolute atomic E-state index is 12.2. The molecular formula is C17H20N2O3. The molecule has 116 valence electrons. The van der Waals surface area contributed by atoms with Gasteiger partial charge in [-0.05, 0) is 31.4 Å². The van der Waals surface area contributed by atoms with Crippen molar-refractivity contribution in [1.82, 2.24) is 10.3 Å². The van der Waals surface area contributed by atoms with E-state index in [0.29, 0.717) is 12.0 Å². The Labute approximate surface area is 129 Å². The molecule has 0 bridgehead atoms. The molecule has 0 radical (unpaired) electrons. The SMILES string of the molecule is Cc1c[nH]cc1C(=O)NC(C)C(Cc1ccccc1)C(=O)O. The summed E-state index contributed by atoms with van der Waals surface area (Å²) in [6.45, 7) is 3.55. The van der Waals surface area contributed by atoms with E-state index in [1.54, 1.807) is 19.3 Å². The molecule has 2 unspecified atom stereocenters. The summed E-state index contributed by atoms with van der Waals surface area (Å²) in [6, 6.07) is 8.95. The van der Waals surface area contributed by atoms with Crippen molar-refractivity contribution in [2.45, 2.75) is 26.3 Å². The third-order valence-corrected chi connectivity index (χ3v) is 3.77. The van der Waals surface area contributed by atoms with Crippen LogP contribution in [0.15, 0.2) is 42.7 Å². The fraction of sp³-hybridized carbons (Fsp3) is 0.294. The van der Waals surface area contributed by atoms with Crippen LogP contribution in [-0.4, -0.2) is 28.0 Å². The molecule has 5 heteroatoms. The molecule has 1 aromatic carbocycles. The Morgan fingerprint density at radius 2 is 1.91 bits per heavy atom. The van der Waals surface area contributed by atoms with Crippen LogP contribution in [0.2, 0.25) is 0 Å². The highest BCUT2D eigenvalue weighted by atomic mass is 16.4. The number of amides is 1. The lowest BCUT2D eigenvalue weighted by Crippen LogP contribution is -2.42. The normalized spacial score (nSPS) is 13.4. The van der Waals surface area contributed by atoms with E-state index in [2.05, 4.69) is 10.3 Å².